The fourth-order valence-corrected chi connectivity index (χ4v) is 2.63. The van der Waals surface area contributed by atoms with Crippen LogP contribution in [0.2, 0.25) is 0 Å². The average molecular weight is 197 g/mol. The van der Waals surface area contributed by atoms with Crippen LogP contribution in [0, 0.1) is 5.92 Å². The fraction of sp³-hybridized carbons (Fsp3) is 1.00. The first kappa shape index (κ1) is 10.4. The van der Waals surface area contributed by atoms with Gasteiger partial charge in [-0.1, -0.05) is 19.3 Å². The number of rotatable bonds is 4. The van der Waals surface area contributed by atoms with Crippen LogP contribution >= 0.6 is 0 Å². The first-order valence-electron chi connectivity index (χ1n) is 6.19. The lowest BCUT2D eigenvalue weighted by molar-refractivity contribution is -0.0136. The van der Waals surface area contributed by atoms with Crippen molar-refractivity contribution in [1.29, 1.82) is 0 Å². The van der Waals surface area contributed by atoms with Gasteiger partial charge >= 0.3 is 0 Å². The quantitative estimate of drug-likeness (QED) is 0.747. The summed E-state index contributed by atoms with van der Waals surface area (Å²) in [7, 11) is 2.08. The average Bonchev–Trinajstić information content (AvgIpc) is 2.18. The largest absolute Gasteiger partial charge is 0.377 e. The van der Waals surface area contributed by atoms with Gasteiger partial charge in [-0.15, -0.1) is 0 Å². The van der Waals surface area contributed by atoms with Crippen molar-refractivity contribution in [1.82, 2.24) is 5.32 Å². The summed E-state index contributed by atoms with van der Waals surface area (Å²) in [6.07, 6.45) is 10.1. The molecule has 1 aliphatic heterocycles. The predicted molar refractivity (Wildman–Crippen MR) is 58.4 cm³/mol. The van der Waals surface area contributed by atoms with Gasteiger partial charge in [-0.3, -0.25) is 0 Å². The van der Waals surface area contributed by atoms with Gasteiger partial charge in [0.15, 0.2) is 0 Å². The molecule has 1 N–H and O–H groups in total. The first-order chi connectivity index (χ1) is 6.90. The van der Waals surface area contributed by atoms with E-state index in [9.17, 15) is 0 Å². The molecule has 0 aromatic rings. The zero-order valence-electron chi connectivity index (χ0n) is 9.30. The summed E-state index contributed by atoms with van der Waals surface area (Å²) in [5.41, 5.74) is 0. The molecule has 82 valence electrons. The number of hydrogen-bond acceptors (Lipinski definition) is 2. The first-order valence-corrected chi connectivity index (χ1v) is 6.19. The molecule has 14 heavy (non-hydrogen) atoms. The van der Waals surface area contributed by atoms with Crippen molar-refractivity contribution in [3.63, 3.8) is 0 Å². The highest BCUT2D eigenvalue weighted by Gasteiger charge is 2.28. The Kier molecular flexibility index (Phi) is 3.82. The van der Waals surface area contributed by atoms with Gasteiger partial charge in [0.25, 0.3) is 0 Å². The molecule has 0 aromatic heterocycles. The summed E-state index contributed by atoms with van der Waals surface area (Å²) in [6.45, 7) is 0.980. The second-order valence-corrected chi connectivity index (χ2v) is 4.83. The van der Waals surface area contributed by atoms with Gasteiger partial charge in [-0.2, -0.15) is 0 Å². The Bertz CT molecular complexity index is 162. The lowest BCUT2D eigenvalue weighted by Crippen LogP contribution is -2.43. The van der Waals surface area contributed by atoms with Crippen LogP contribution in [0.5, 0.6) is 0 Å². The van der Waals surface area contributed by atoms with Crippen molar-refractivity contribution in [2.75, 3.05) is 13.7 Å². The molecule has 1 heterocycles. The molecule has 2 aliphatic rings. The Labute approximate surface area is 87.4 Å². The molecule has 2 rings (SSSR count). The normalized spacial score (nSPS) is 31.1. The molecule has 2 fully saturated rings. The molecule has 1 saturated carbocycles. The van der Waals surface area contributed by atoms with E-state index in [0.29, 0.717) is 12.1 Å². The van der Waals surface area contributed by atoms with Gasteiger partial charge in [0.1, 0.15) is 0 Å². The maximum absolute atomic E-state index is 5.84. The monoisotopic (exact) mass is 197 g/mol. The second kappa shape index (κ2) is 5.13. The minimum atomic E-state index is 0.495. The van der Waals surface area contributed by atoms with Crippen LogP contribution in [0.3, 0.4) is 0 Å². The van der Waals surface area contributed by atoms with Gasteiger partial charge in [0.2, 0.25) is 0 Å². The summed E-state index contributed by atoms with van der Waals surface area (Å²) in [4.78, 5) is 0. The second-order valence-electron chi connectivity index (χ2n) is 4.83. The van der Waals surface area contributed by atoms with Crippen LogP contribution in [-0.4, -0.2) is 25.8 Å². The van der Waals surface area contributed by atoms with Crippen molar-refractivity contribution in [3.05, 3.63) is 0 Å². The third-order valence-electron chi connectivity index (χ3n) is 3.85. The van der Waals surface area contributed by atoms with E-state index in [2.05, 4.69) is 12.4 Å². The molecule has 1 saturated heterocycles. The maximum atomic E-state index is 5.84. The number of ether oxygens (including phenoxy) is 1. The van der Waals surface area contributed by atoms with Gasteiger partial charge < -0.3 is 10.1 Å². The van der Waals surface area contributed by atoms with Gasteiger partial charge in [-0.25, -0.2) is 0 Å². The topological polar surface area (TPSA) is 21.3 Å². The van der Waals surface area contributed by atoms with E-state index in [4.69, 9.17) is 4.74 Å². The van der Waals surface area contributed by atoms with Crippen molar-refractivity contribution >= 4 is 0 Å². The van der Waals surface area contributed by atoms with E-state index >= 15 is 0 Å². The van der Waals surface area contributed by atoms with E-state index in [1.165, 1.54) is 44.9 Å². The van der Waals surface area contributed by atoms with Crippen LogP contribution < -0.4 is 5.32 Å². The van der Waals surface area contributed by atoms with Gasteiger partial charge in [0, 0.05) is 12.6 Å². The molecule has 0 radical (unpaired) electrons. The molecule has 2 nitrogen and oxygen atoms in total. The summed E-state index contributed by atoms with van der Waals surface area (Å²) in [6, 6.07) is 0.612. The van der Waals surface area contributed by atoms with E-state index in [0.717, 1.165) is 12.5 Å². The maximum Gasteiger partial charge on any atom is 0.0728 e. The van der Waals surface area contributed by atoms with Gasteiger partial charge in [0.05, 0.1) is 6.10 Å². The van der Waals surface area contributed by atoms with Gasteiger partial charge in [-0.05, 0) is 38.6 Å². The molecular formula is C12H23NO. The van der Waals surface area contributed by atoms with Crippen molar-refractivity contribution in [3.8, 4) is 0 Å². The highest BCUT2D eigenvalue weighted by molar-refractivity contribution is 4.83. The third kappa shape index (κ3) is 2.48. The number of likely N-dealkylation sites (N-methyl/N-ethyl adjacent to an activating group) is 1. The van der Waals surface area contributed by atoms with Crippen LogP contribution in [0.1, 0.15) is 44.9 Å². The summed E-state index contributed by atoms with van der Waals surface area (Å²) < 4.78 is 5.84. The van der Waals surface area contributed by atoms with Crippen molar-refractivity contribution in [2.24, 2.45) is 5.92 Å². The predicted octanol–water partition coefficient (Wildman–Crippen LogP) is 2.33. The minimum Gasteiger partial charge on any atom is -0.377 e. The third-order valence-corrected chi connectivity index (χ3v) is 3.85. The Morgan fingerprint density at radius 2 is 2.07 bits per heavy atom. The standard InChI is InChI=1S/C12H23NO/c1-13-11(9-10-5-4-6-10)12-7-2-3-8-14-12/h10-13H,2-9H2,1H3. The minimum absolute atomic E-state index is 0.495. The molecule has 0 spiro atoms. The Morgan fingerprint density at radius 1 is 1.21 bits per heavy atom. The van der Waals surface area contributed by atoms with Crippen LogP contribution in [0.4, 0.5) is 0 Å². The Morgan fingerprint density at radius 3 is 2.57 bits per heavy atom. The van der Waals surface area contributed by atoms with Crippen molar-refractivity contribution < 1.29 is 4.74 Å². The van der Waals surface area contributed by atoms with Crippen LogP contribution in [-0.2, 0) is 4.74 Å². The molecule has 0 bridgehead atoms. The Hall–Kier alpha value is -0.0800. The van der Waals surface area contributed by atoms with E-state index in [-0.39, 0.29) is 0 Å². The zero-order valence-corrected chi connectivity index (χ0v) is 9.30. The Balaban J connectivity index is 1.77. The van der Waals surface area contributed by atoms with Crippen molar-refractivity contribution in [2.45, 2.75) is 57.1 Å². The number of hydrogen-bond donors (Lipinski definition) is 1. The lowest BCUT2D eigenvalue weighted by atomic mass is 9.79. The molecule has 2 atom stereocenters. The molecule has 0 amide bonds. The highest BCUT2D eigenvalue weighted by Crippen LogP contribution is 2.32. The zero-order chi connectivity index (χ0) is 9.80. The highest BCUT2D eigenvalue weighted by atomic mass is 16.5. The summed E-state index contributed by atoms with van der Waals surface area (Å²) in [5.74, 6) is 0.984. The van der Waals surface area contributed by atoms with E-state index in [1.54, 1.807) is 0 Å². The summed E-state index contributed by atoms with van der Waals surface area (Å²) in [5, 5.41) is 3.45. The fourth-order valence-electron chi connectivity index (χ4n) is 2.63. The molecule has 2 unspecified atom stereocenters. The molecule has 0 aromatic carbocycles. The van der Waals surface area contributed by atoms with E-state index < -0.39 is 0 Å². The molecular weight excluding hydrogens is 174 g/mol. The molecule has 1 aliphatic carbocycles. The smallest absolute Gasteiger partial charge is 0.0728 e. The lowest BCUT2D eigenvalue weighted by Gasteiger charge is -2.35. The number of nitrogens with one attached hydrogen (secondary N) is 1. The molecule has 2 heteroatoms. The van der Waals surface area contributed by atoms with E-state index in [1.807, 2.05) is 0 Å². The summed E-state index contributed by atoms with van der Waals surface area (Å²) >= 11 is 0. The van der Waals surface area contributed by atoms with Crippen LogP contribution in [0.15, 0.2) is 0 Å². The SMILES string of the molecule is CNC(CC1CCC1)C1CCCCO1. The van der Waals surface area contributed by atoms with Crippen LogP contribution in [0.25, 0.3) is 0 Å².